The number of nitrogens with zero attached hydrogens (tertiary/aromatic N) is 2. The molecular weight excluding hydrogens is 308 g/mol. The van der Waals surface area contributed by atoms with E-state index in [9.17, 15) is 9.59 Å². The summed E-state index contributed by atoms with van der Waals surface area (Å²) in [5.74, 6) is -0.478. The van der Waals surface area contributed by atoms with Gasteiger partial charge in [-0.2, -0.15) is 0 Å². The molecule has 1 saturated heterocycles. The molecular formula is C18H18N2O4. The molecule has 124 valence electrons. The first-order valence-electron chi connectivity index (χ1n) is 7.74. The topological polar surface area (TPSA) is 79.7 Å². The van der Waals surface area contributed by atoms with Crippen LogP contribution in [0.15, 0.2) is 42.6 Å². The van der Waals surface area contributed by atoms with Crippen molar-refractivity contribution in [2.75, 3.05) is 13.7 Å². The fraction of sp³-hybridized carbons (Fsp3) is 0.278. The number of aromatic nitrogens is 1. The molecule has 0 bridgehead atoms. The van der Waals surface area contributed by atoms with Gasteiger partial charge in [0.1, 0.15) is 11.4 Å². The van der Waals surface area contributed by atoms with Crippen molar-refractivity contribution in [2.45, 2.75) is 18.9 Å². The van der Waals surface area contributed by atoms with Gasteiger partial charge in [0, 0.05) is 12.7 Å². The van der Waals surface area contributed by atoms with Gasteiger partial charge in [0.05, 0.1) is 18.7 Å². The van der Waals surface area contributed by atoms with E-state index >= 15 is 0 Å². The Balaban J connectivity index is 1.84. The molecule has 3 rings (SSSR count). The quantitative estimate of drug-likeness (QED) is 0.934. The normalized spacial score (nSPS) is 16.9. The Morgan fingerprint density at radius 2 is 2.12 bits per heavy atom. The van der Waals surface area contributed by atoms with Crippen LogP contribution in [0.4, 0.5) is 0 Å². The number of hydrogen-bond donors (Lipinski definition) is 1. The monoisotopic (exact) mass is 326 g/mol. The maximum atomic E-state index is 12.8. The number of carbonyl (C=O) groups is 2. The summed E-state index contributed by atoms with van der Waals surface area (Å²) in [4.78, 5) is 29.3. The summed E-state index contributed by atoms with van der Waals surface area (Å²) in [6, 6.07) is 10.6. The van der Waals surface area contributed by atoms with Gasteiger partial charge in [-0.25, -0.2) is 9.78 Å². The van der Waals surface area contributed by atoms with Gasteiger partial charge in [-0.3, -0.25) is 4.79 Å². The number of ether oxygens (including phenoxy) is 1. The predicted octanol–water partition coefficient (Wildman–Crippen LogP) is 2.77. The van der Waals surface area contributed by atoms with Crippen molar-refractivity contribution >= 4 is 11.9 Å². The maximum absolute atomic E-state index is 12.8. The molecule has 0 radical (unpaired) electrons. The van der Waals surface area contributed by atoms with Crippen LogP contribution in [0.2, 0.25) is 0 Å². The van der Waals surface area contributed by atoms with Crippen LogP contribution in [0.5, 0.6) is 5.75 Å². The highest BCUT2D eigenvalue weighted by Crippen LogP contribution is 2.34. The molecule has 6 heteroatoms. The summed E-state index contributed by atoms with van der Waals surface area (Å²) in [6.07, 6.45) is 3.14. The van der Waals surface area contributed by atoms with Gasteiger partial charge in [-0.05, 0) is 42.7 Å². The molecule has 1 aliphatic rings. The lowest BCUT2D eigenvalue weighted by Crippen LogP contribution is -2.30. The van der Waals surface area contributed by atoms with Crippen molar-refractivity contribution in [1.82, 2.24) is 9.88 Å². The highest BCUT2D eigenvalue weighted by atomic mass is 16.5. The zero-order valence-corrected chi connectivity index (χ0v) is 13.3. The fourth-order valence-corrected chi connectivity index (χ4v) is 3.02. The van der Waals surface area contributed by atoms with Gasteiger partial charge < -0.3 is 14.7 Å². The first-order valence-corrected chi connectivity index (χ1v) is 7.74. The van der Waals surface area contributed by atoms with Crippen LogP contribution in [0, 0.1) is 0 Å². The number of carboxylic acid groups (broad SMARTS) is 1. The molecule has 1 atom stereocenters. The highest BCUT2D eigenvalue weighted by Gasteiger charge is 2.31. The van der Waals surface area contributed by atoms with Crippen molar-refractivity contribution in [3.63, 3.8) is 0 Å². The van der Waals surface area contributed by atoms with Crippen molar-refractivity contribution in [3.8, 4) is 5.75 Å². The number of rotatable bonds is 4. The first-order chi connectivity index (χ1) is 11.6. The zero-order valence-electron chi connectivity index (χ0n) is 13.3. The molecule has 0 unspecified atom stereocenters. The van der Waals surface area contributed by atoms with Crippen molar-refractivity contribution < 1.29 is 19.4 Å². The van der Waals surface area contributed by atoms with Crippen LogP contribution in [0.1, 0.15) is 45.3 Å². The number of likely N-dealkylation sites (tertiary alicyclic amines) is 1. The minimum absolute atomic E-state index is 0.00764. The Bertz CT molecular complexity index is 758. The summed E-state index contributed by atoms with van der Waals surface area (Å²) >= 11 is 0. The molecule has 6 nitrogen and oxygen atoms in total. The predicted molar refractivity (Wildman–Crippen MR) is 87.2 cm³/mol. The zero-order chi connectivity index (χ0) is 17.1. The van der Waals surface area contributed by atoms with E-state index in [0.717, 1.165) is 24.2 Å². The average molecular weight is 326 g/mol. The fourth-order valence-electron chi connectivity index (χ4n) is 3.02. The molecule has 2 heterocycles. The minimum atomic E-state index is -1.11. The van der Waals surface area contributed by atoms with E-state index < -0.39 is 5.97 Å². The minimum Gasteiger partial charge on any atom is -0.497 e. The Hall–Kier alpha value is -2.89. The Morgan fingerprint density at radius 1 is 1.29 bits per heavy atom. The van der Waals surface area contributed by atoms with Gasteiger partial charge in [-0.15, -0.1) is 0 Å². The Labute approximate surface area is 139 Å². The number of methoxy groups -OCH3 is 1. The summed E-state index contributed by atoms with van der Waals surface area (Å²) in [6.45, 7) is 0.668. The standard InChI is InChI=1S/C18H18N2O4/c1-24-14-5-2-4-12(10-14)16-6-3-9-20(16)17(21)13-7-8-15(18(22)23)19-11-13/h2,4-5,7-8,10-11,16H,3,6,9H2,1H3,(H,22,23)/t16-/m0/s1. The number of carboxylic acids is 1. The highest BCUT2D eigenvalue weighted by molar-refractivity contribution is 5.95. The molecule has 2 aromatic rings. The lowest BCUT2D eigenvalue weighted by Gasteiger charge is -2.25. The summed E-state index contributed by atoms with van der Waals surface area (Å²) in [7, 11) is 1.62. The van der Waals surface area contributed by atoms with Crippen LogP contribution in [0.25, 0.3) is 0 Å². The smallest absolute Gasteiger partial charge is 0.354 e. The van der Waals surface area contributed by atoms with E-state index in [4.69, 9.17) is 9.84 Å². The van der Waals surface area contributed by atoms with E-state index in [1.54, 1.807) is 7.11 Å². The van der Waals surface area contributed by atoms with Crippen LogP contribution < -0.4 is 4.74 Å². The molecule has 1 N–H and O–H groups in total. The molecule has 1 amide bonds. The maximum Gasteiger partial charge on any atom is 0.354 e. The second-order valence-electron chi connectivity index (χ2n) is 5.67. The molecule has 1 aliphatic heterocycles. The van der Waals surface area contributed by atoms with Gasteiger partial charge in [-0.1, -0.05) is 12.1 Å². The molecule has 0 spiro atoms. The van der Waals surface area contributed by atoms with Crippen molar-refractivity contribution in [2.24, 2.45) is 0 Å². The van der Waals surface area contributed by atoms with Crippen LogP contribution in [0.3, 0.4) is 0 Å². The van der Waals surface area contributed by atoms with E-state index in [-0.39, 0.29) is 17.6 Å². The average Bonchev–Trinajstić information content (AvgIpc) is 3.11. The molecule has 0 aliphatic carbocycles. The third-order valence-electron chi connectivity index (χ3n) is 4.22. The van der Waals surface area contributed by atoms with Gasteiger partial charge >= 0.3 is 5.97 Å². The van der Waals surface area contributed by atoms with Crippen LogP contribution in [-0.4, -0.2) is 40.5 Å². The van der Waals surface area contributed by atoms with E-state index in [1.165, 1.54) is 18.3 Å². The van der Waals surface area contributed by atoms with Crippen LogP contribution in [-0.2, 0) is 0 Å². The number of aromatic carboxylic acids is 1. The molecule has 1 aromatic heterocycles. The van der Waals surface area contributed by atoms with E-state index in [1.807, 2.05) is 29.2 Å². The third-order valence-corrected chi connectivity index (χ3v) is 4.22. The number of pyridine rings is 1. The Kier molecular flexibility index (Phi) is 4.46. The number of benzene rings is 1. The summed E-state index contributed by atoms with van der Waals surface area (Å²) in [5, 5.41) is 8.90. The molecule has 24 heavy (non-hydrogen) atoms. The largest absolute Gasteiger partial charge is 0.497 e. The Morgan fingerprint density at radius 3 is 2.79 bits per heavy atom. The van der Waals surface area contributed by atoms with E-state index in [2.05, 4.69) is 4.98 Å². The van der Waals surface area contributed by atoms with Gasteiger partial charge in [0.2, 0.25) is 0 Å². The second-order valence-corrected chi connectivity index (χ2v) is 5.67. The van der Waals surface area contributed by atoms with E-state index in [0.29, 0.717) is 12.1 Å². The van der Waals surface area contributed by atoms with Gasteiger partial charge in [0.25, 0.3) is 5.91 Å². The molecule has 1 fully saturated rings. The van der Waals surface area contributed by atoms with Gasteiger partial charge in [0.15, 0.2) is 0 Å². The van der Waals surface area contributed by atoms with Crippen molar-refractivity contribution in [1.29, 1.82) is 0 Å². The lowest BCUT2D eigenvalue weighted by atomic mass is 10.0. The first kappa shape index (κ1) is 16.0. The second kappa shape index (κ2) is 6.70. The summed E-state index contributed by atoms with van der Waals surface area (Å²) in [5.41, 5.74) is 1.36. The number of amides is 1. The van der Waals surface area contributed by atoms with Crippen molar-refractivity contribution in [3.05, 3.63) is 59.4 Å². The SMILES string of the molecule is COc1cccc([C@@H]2CCCN2C(=O)c2ccc(C(=O)O)nc2)c1. The molecule has 1 aromatic carbocycles. The van der Waals surface area contributed by atoms with Crippen LogP contribution >= 0.6 is 0 Å². The lowest BCUT2D eigenvalue weighted by molar-refractivity contribution is 0.0685. The number of carbonyl (C=O) groups excluding carboxylic acids is 1. The molecule has 0 saturated carbocycles. The number of hydrogen-bond acceptors (Lipinski definition) is 4. The third kappa shape index (κ3) is 3.08. The summed E-state index contributed by atoms with van der Waals surface area (Å²) < 4.78 is 5.26.